The van der Waals surface area contributed by atoms with Gasteiger partial charge in [0.05, 0.1) is 18.9 Å². The molecule has 3 rings (SSSR count). The number of carbonyl (C=O) groups is 1. The second-order valence-corrected chi connectivity index (χ2v) is 4.57. The van der Waals surface area contributed by atoms with Crippen LogP contribution in [0.3, 0.4) is 0 Å². The van der Waals surface area contributed by atoms with Gasteiger partial charge in [0.15, 0.2) is 5.76 Å². The Morgan fingerprint density at radius 1 is 1.00 bits per heavy atom. The van der Waals surface area contributed by atoms with Gasteiger partial charge in [-0.3, -0.25) is 4.79 Å². The number of azo groups is 1. The second-order valence-electron chi connectivity index (χ2n) is 4.57. The molecule has 19 heavy (non-hydrogen) atoms. The summed E-state index contributed by atoms with van der Waals surface area (Å²) in [5.41, 5.74) is 3.25. The van der Waals surface area contributed by atoms with Crippen LogP contribution in [-0.4, -0.2) is 5.91 Å². The molecule has 0 aliphatic carbocycles. The van der Waals surface area contributed by atoms with E-state index in [2.05, 4.69) is 10.2 Å². The molecule has 1 aliphatic rings. The third-order valence-corrected chi connectivity index (χ3v) is 2.87. The van der Waals surface area contributed by atoms with E-state index in [-0.39, 0.29) is 12.3 Å². The molecule has 0 bridgehead atoms. The molecule has 96 valence electrons. The average molecular weight is 256 g/mol. The molecule has 5 nitrogen and oxygen atoms in total. The van der Waals surface area contributed by atoms with E-state index in [1.165, 1.54) is 0 Å². The number of furan rings is 2. The molecule has 1 aliphatic heterocycles. The summed E-state index contributed by atoms with van der Waals surface area (Å²) in [7, 11) is 0. The van der Waals surface area contributed by atoms with Crippen molar-refractivity contribution < 1.29 is 13.6 Å². The highest BCUT2D eigenvalue weighted by molar-refractivity contribution is 6.00. The van der Waals surface area contributed by atoms with Crippen LogP contribution in [0.2, 0.25) is 0 Å². The zero-order valence-electron chi connectivity index (χ0n) is 10.6. The fourth-order valence-corrected chi connectivity index (χ4v) is 1.98. The molecule has 0 saturated carbocycles. The quantitative estimate of drug-likeness (QED) is 0.821. The van der Waals surface area contributed by atoms with E-state index in [9.17, 15) is 4.79 Å². The first kappa shape index (κ1) is 11.6. The number of amides is 1. The molecule has 2 aromatic heterocycles. The van der Waals surface area contributed by atoms with Crippen LogP contribution in [0, 0.1) is 13.8 Å². The normalized spacial score (nSPS) is 15.4. The lowest BCUT2D eigenvalue weighted by atomic mass is 10.0. The summed E-state index contributed by atoms with van der Waals surface area (Å²) >= 11 is 0. The molecule has 0 atom stereocenters. The predicted octanol–water partition coefficient (Wildman–Crippen LogP) is 3.74. The summed E-state index contributed by atoms with van der Waals surface area (Å²) in [6.07, 6.45) is 3.45. The summed E-state index contributed by atoms with van der Waals surface area (Å²) in [4.78, 5) is 11.5. The lowest BCUT2D eigenvalue weighted by Crippen LogP contribution is -2.02. The molecule has 0 saturated heterocycles. The van der Waals surface area contributed by atoms with E-state index in [1.54, 1.807) is 12.5 Å². The Labute approximate surface area is 109 Å². The summed E-state index contributed by atoms with van der Waals surface area (Å²) in [6, 6.07) is 3.74. The SMILES string of the molecule is Cc1coc(C2=C(c3cc(C)co3)N=NC(=O)C2)c1. The second kappa shape index (κ2) is 4.35. The maximum Gasteiger partial charge on any atom is 0.269 e. The van der Waals surface area contributed by atoms with Crippen LogP contribution < -0.4 is 0 Å². The van der Waals surface area contributed by atoms with E-state index in [0.29, 0.717) is 22.8 Å². The Bertz CT molecular complexity index is 704. The highest BCUT2D eigenvalue weighted by atomic mass is 16.3. The summed E-state index contributed by atoms with van der Waals surface area (Å²) in [5.74, 6) is 0.947. The average Bonchev–Trinajstić information content (AvgIpc) is 2.98. The first-order valence-electron chi connectivity index (χ1n) is 5.92. The number of nitrogens with zero attached hydrogens (tertiary/aromatic N) is 2. The van der Waals surface area contributed by atoms with Gasteiger partial charge in [-0.25, -0.2) is 0 Å². The zero-order valence-corrected chi connectivity index (χ0v) is 10.6. The minimum Gasteiger partial charge on any atom is -0.464 e. The van der Waals surface area contributed by atoms with Crippen molar-refractivity contribution in [2.75, 3.05) is 0 Å². The molecule has 1 amide bonds. The Balaban J connectivity index is 2.15. The van der Waals surface area contributed by atoms with Gasteiger partial charge in [-0.2, -0.15) is 0 Å². The van der Waals surface area contributed by atoms with Crippen molar-refractivity contribution >= 4 is 17.2 Å². The van der Waals surface area contributed by atoms with Gasteiger partial charge in [0, 0.05) is 5.57 Å². The van der Waals surface area contributed by atoms with Crippen LogP contribution in [-0.2, 0) is 4.79 Å². The Morgan fingerprint density at radius 2 is 1.63 bits per heavy atom. The molecular weight excluding hydrogens is 244 g/mol. The van der Waals surface area contributed by atoms with Crippen LogP contribution in [0.1, 0.15) is 29.1 Å². The predicted molar refractivity (Wildman–Crippen MR) is 68.2 cm³/mol. The van der Waals surface area contributed by atoms with E-state index in [1.807, 2.05) is 26.0 Å². The van der Waals surface area contributed by atoms with Gasteiger partial charge in [-0.05, 0) is 37.1 Å². The minimum atomic E-state index is -0.281. The van der Waals surface area contributed by atoms with Gasteiger partial charge in [-0.15, -0.1) is 10.2 Å². The highest BCUT2D eigenvalue weighted by Gasteiger charge is 2.23. The van der Waals surface area contributed by atoms with Gasteiger partial charge < -0.3 is 8.83 Å². The fourth-order valence-electron chi connectivity index (χ4n) is 1.98. The first-order valence-corrected chi connectivity index (χ1v) is 5.92. The molecule has 0 fully saturated rings. The molecule has 0 unspecified atom stereocenters. The maximum absolute atomic E-state index is 11.5. The van der Waals surface area contributed by atoms with Crippen molar-refractivity contribution in [3.63, 3.8) is 0 Å². The lowest BCUT2D eigenvalue weighted by molar-refractivity contribution is -0.117. The third kappa shape index (κ3) is 2.14. The fraction of sp³-hybridized carbons (Fsp3) is 0.214. The van der Waals surface area contributed by atoms with Crippen LogP contribution in [0.4, 0.5) is 0 Å². The Hall–Kier alpha value is -2.43. The summed E-state index contributed by atoms with van der Waals surface area (Å²) in [5, 5.41) is 7.57. The van der Waals surface area contributed by atoms with Crippen LogP contribution in [0.15, 0.2) is 43.7 Å². The number of rotatable bonds is 2. The number of aryl methyl sites for hydroxylation is 2. The standard InChI is InChI=1S/C14H12N2O3/c1-8-3-11(18-6-8)10-5-13(17)15-16-14(10)12-4-9(2)7-19-12/h3-4,6-7H,5H2,1-2H3. The molecule has 0 N–H and O–H groups in total. The molecule has 0 spiro atoms. The topological polar surface area (TPSA) is 68.1 Å². The van der Waals surface area contributed by atoms with Crippen molar-refractivity contribution in [1.82, 2.24) is 0 Å². The lowest BCUT2D eigenvalue weighted by Gasteiger charge is -2.09. The molecule has 5 heteroatoms. The van der Waals surface area contributed by atoms with Crippen molar-refractivity contribution in [2.45, 2.75) is 20.3 Å². The highest BCUT2D eigenvalue weighted by Crippen LogP contribution is 2.35. The van der Waals surface area contributed by atoms with E-state index >= 15 is 0 Å². The maximum atomic E-state index is 11.5. The van der Waals surface area contributed by atoms with Crippen molar-refractivity contribution in [3.8, 4) is 0 Å². The van der Waals surface area contributed by atoms with Crippen LogP contribution in [0.5, 0.6) is 0 Å². The van der Waals surface area contributed by atoms with Crippen LogP contribution >= 0.6 is 0 Å². The smallest absolute Gasteiger partial charge is 0.269 e. The van der Waals surface area contributed by atoms with Crippen LogP contribution in [0.25, 0.3) is 11.3 Å². The van der Waals surface area contributed by atoms with Crippen molar-refractivity contribution in [3.05, 3.63) is 47.3 Å². The Morgan fingerprint density at radius 3 is 2.21 bits per heavy atom. The minimum absolute atomic E-state index is 0.172. The third-order valence-electron chi connectivity index (χ3n) is 2.87. The van der Waals surface area contributed by atoms with E-state index in [0.717, 1.165) is 11.1 Å². The number of hydrogen-bond donors (Lipinski definition) is 0. The van der Waals surface area contributed by atoms with Gasteiger partial charge in [0.25, 0.3) is 5.91 Å². The first-order chi connectivity index (χ1) is 9.13. The molecule has 0 radical (unpaired) electrons. The van der Waals surface area contributed by atoms with Gasteiger partial charge in [0.2, 0.25) is 0 Å². The van der Waals surface area contributed by atoms with E-state index < -0.39 is 0 Å². The van der Waals surface area contributed by atoms with Crippen molar-refractivity contribution in [2.24, 2.45) is 10.2 Å². The largest absolute Gasteiger partial charge is 0.464 e. The Kier molecular flexibility index (Phi) is 2.67. The zero-order chi connectivity index (χ0) is 13.4. The monoisotopic (exact) mass is 256 g/mol. The number of carbonyl (C=O) groups excluding carboxylic acids is 1. The molecule has 3 heterocycles. The molecular formula is C14H12N2O3. The van der Waals surface area contributed by atoms with Crippen molar-refractivity contribution in [1.29, 1.82) is 0 Å². The molecule has 0 aromatic carbocycles. The molecule has 2 aromatic rings. The summed E-state index contributed by atoms with van der Waals surface area (Å²) < 4.78 is 10.9. The van der Waals surface area contributed by atoms with E-state index in [4.69, 9.17) is 8.83 Å². The summed E-state index contributed by atoms with van der Waals surface area (Å²) in [6.45, 7) is 3.85. The van der Waals surface area contributed by atoms with Gasteiger partial charge in [-0.1, -0.05) is 0 Å². The number of hydrogen-bond acceptors (Lipinski definition) is 4. The van der Waals surface area contributed by atoms with Gasteiger partial charge in [0.1, 0.15) is 11.5 Å². The van der Waals surface area contributed by atoms with Gasteiger partial charge >= 0.3 is 0 Å².